The monoisotopic (exact) mass is 115 g/mol. The van der Waals surface area contributed by atoms with Crippen LogP contribution in [0.4, 0.5) is 4.39 Å². The van der Waals surface area contributed by atoms with E-state index in [1.807, 2.05) is 0 Å². The van der Waals surface area contributed by atoms with Gasteiger partial charge in [-0.3, -0.25) is 0 Å². The summed E-state index contributed by atoms with van der Waals surface area (Å²) in [5.41, 5.74) is 0. The minimum absolute atomic E-state index is 0.543. The zero-order valence-electron chi connectivity index (χ0n) is 5.23. The first-order chi connectivity index (χ1) is 3.79. The van der Waals surface area contributed by atoms with Gasteiger partial charge in [-0.05, 0) is 31.6 Å². The summed E-state index contributed by atoms with van der Waals surface area (Å²) in [4.78, 5) is 0. The van der Waals surface area contributed by atoms with Gasteiger partial charge in [0, 0.05) is 0 Å². The Morgan fingerprint density at radius 2 is 2.25 bits per heavy atom. The van der Waals surface area contributed by atoms with Crippen LogP contribution in [0.2, 0.25) is 0 Å². The molecule has 0 heterocycles. The van der Waals surface area contributed by atoms with Crippen LogP contribution in [0.1, 0.15) is 26.2 Å². The maximum absolute atomic E-state index is 12.4. The molecule has 1 aliphatic rings. The van der Waals surface area contributed by atoms with Gasteiger partial charge in [-0.15, -0.1) is 0 Å². The second kappa shape index (κ2) is 2.47. The lowest BCUT2D eigenvalue weighted by molar-refractivity contribution is 0.240. The largest absolute Gasteiger partial charge is 0.247 e. The fraction of sp³-hybridized carbons (Fsp3) is 0.857. The van der Waals surface area contributed by atoms with E-state index in [-0.39, 0.29) is 0 Å². The zero-order valence-corrected chi connectivity index (χ0v) is 5.23. The predicted molar refractivity (Wildman–Crippen MR) is 32.2 cm³/mol. The van der Waals surface area contributed by atoms with E-state index < -0.39 is 6.17 Å². The molecule has 1 fully saturated rings. The Kier molecular flexibility index (Phi) is 1.87. The summed E-state index contributed by atoms with van der Waals surface area (Å²) in [5, 5.41) is 0. The van der Waals surface area contributed by atoms with Crippen molar-refractivity contribution in [2.24, 2.45) is 5.92 Å². The van der Waals surface area contributed by atoms with Gasteiger partial charge in [0.2, 0.25) is 0 Å². The van der Waals surface area contributed by atoms with Crippen molar-refractivity contribution >= 4 is 0 Å². The molecule has 0 nitrogen and oxygen atoms in total. The third kappa shape index (κ3) is 1.46. The highest BCUT2D eigenvalue weighted by atomic mass is 19.1. The second-order valence-corrected chi connectivity index (χ2v) is 2.70. The van der Waals surface area contributed by atoms with Crippen molar-refractivity contribution in [3.63, 3.8) is 0 Å². The molecule has 0 amide bonds. The van der Waals surface area contributed by atoms with Gasteiger partial charge in [-0.1, -0.05) is 6.92 Å². The van der Waals surface area contributed by atoms with E-state index in [0.29, 0.717) is 12.3 Å². The van der Waals surface area contributed by atoms with E-state index in [2.05, 4.69) is 13.3 Å². The van der Waals surface area contributed by atoms with Crippen LogP contribution in [0.25, 0.3) is 0 Å². The summed E-state index contributed by atoms with van der Waals surface area (Å²) in [6.45, 7) is 2.10. The van der Waals surface area contributed by atoms with Gasteiger partial charge in [0.05, 0.1) is 0 Å². The summed E-state index contributed by atoms with van der Waals surface area (Å²) < 4.78 is 12.4. The highest BCUT2D eigenvalue weighted by molar-refractivity contribution is 4.80. The molecule has 1 rings (SSSR count). The van der Waals surface area contributed by atoms with Crippen molar-refractivity contribution < 1.29 is 4.39 Å². The molecule has 0 saturated heterocycles. The van der Waals surface area contributed by atoms with E-state index in [4.69, 9.17) is 0 Å². The molecule has 2 atom stereocenters. The summed E-state index contributed by atoms with van der Waals surface area (Å²) in [6.07, 6.45) is 4.08. The molecule has 8 heavy (non-hydrogen) atoms. The van der Waals surface area contributed by atoms with Crippen LogP contribution < -0.4 is 0 Å². The van der Waals surface area contributed by atoms with Crippen LogP contribution in [-0.2, 0) is 0 Å². The van der Waals surface area contributed by atoms with Gasteiger partial charge in [0.25, 0.3) is 0 Å². The first-order valence-corrected chi connectivity index (χ1v) is 3.25. The van der Waals surface area contributed by atoms with E-state index >= 15 is 0 Å². The number of hydrogen-bond donors (Lipinski definition) is 0. The van der Waals surface area contributed by atoms with Crippen molar-refractivity contribution in [1.29, 1.82) is 0 Å². The lowest BCUT2D eigenvalue weighted by Gasteiger charge is -2.19. The van der Waals surface area contributed by atoms with Crippen molar-refractivity contribution in [1.82, 2.24) is 0 Å². The highest BCUT2D eigenvalue weighted by Gasteiger charge is 2.17. The third-order valence-corrected chi connectivity index (χ3v) is 1.65. The fourth-order valence-corrected chi connectivity index (χ4v) is 1.19. The van der Waals surface area contributed by atoms with E-state index in [9.17, 15) is 4.39 Å². The van der Waals surface area contributed by atoms with E-state index in [1.54, 1.807) is 0 Å². The third-order valence-electron chi connectivity index (χ3n) is 1.65. The maximum Gasteiger partial charge on any atom is 0.101 e. The summed E-state index contributed by atoms with van der Waals surface area (Å²) >= 11 is 0. The molecule has 1 saturated carbocycles. The molecule has 0 aromatic rings. The Hall–Kier alpha value is -0.0700. The molecule has 0 aliphatic heterocycles. The molecule has 0 bridgehead atoms. The van der Waals surface area contributed by atoms with Crippen molar-refractivity contribution in [2.75, 3.05) is 0 Å². The molecule has 0 aromatic heterocycles. The maximum atomic E-state index is 12.4. The predicted octanol–water partition coefficient (Wildman–Crippen LogP) is 2.35. The first kappa shape index (κ1) is 6.06. The Morgan fingerprint density at radius 1 is 1.50 bits per heavy atom. The molecule has 0 N–H and O–H groups in total. The molecule has 0 spiro atoms. The lowest BCUT2D eigenvalue weighted by atomic mass is 9.90. The van der Waals surface area contributed by atoms with Crippen LogP contribution in [0.3, 0.4) is 0 Å². The molecule has 2 unspecified atom stereocenters. The Morgan fingerprint density at radius 3 is 2.62 bits per heavy atom. The average molecular weight is 115 g/mol. The minimum Gasteiger partial charge on any atom is -0.247 e. The topological polar surface area (TPSA) is 0 Å². The molecule has 1 radical (unpaired) electrons. The van der Waals surface area contributed by atoms with Gasteiger partial charge in [0.1, 0.15) is 6.17 Å². The van der Waals surface area contributed by atoms with E-state index in [1.165, 1.54) is 0 Å². The van der Waals surface area contributed by atoms with Crippen molar-refractivity contribution in [3.05, 3.63) is 6.42 Å². The number of alkyl halides is 1. The van der Waals surface area contributed by atoms with Gasteiger partial charge in [0.15, 0.2) is 0 Å². The molecular formula is C7H12F. The van der Waals surface area contributed by atoms with Crippen LogP contribution in [0.5, 0.6) is 0 Å². The molecule has 0 aromatic carbocycles. The van der Waals surface area contributed by atoms with Crippen molar-refractivity contribution in [2.45, 2.75) is 32.4 Å². The smallest absolute Gasteiger partial charge is 0.101 e. The van der Waals surface area contributed by atoms with E-state index in [0.717, 1.165) is 12.8 Å². The summed E-state index contributed by atoms with van der Waals surface area (Å²) in [5.74, 6) is 0.582. The normalized spacial score (nSPS) is 39.8. The van der Waals surface area contributed by atoms with Crippen molar-refractivity contribution in [3.8, 4) is 0 Å². The quantitative estimate of drug-likeness (QED) is 0.454. The minimum atomic E-state index is -0.543. The van der Waals surface area contributed by atoms with Gasteiger partial charge >= 0.3 is 0 Å². The summed E-state index contributed by atoms with van der Waals surface area (Å²) in [6, 6.07) is 0. The molecule has 1 heteroatoms. The first-order valence-electron chi connectivity index (χ1n) is 3.25. The molecular weight excluding hydrogens is 103 g/mol. The van der Waals surface area contributed by atoms with Crippen LogP contribution >= 0.6 is 0 Å². The number of rotatable bonds is 0. The number of halogens is 1. The number of hydrogen-bond acceptors (Lipinski definition) is 0. The van der Waals surface area contributed by atoms with Gasteiger partial charge in [-0.25, -0.2) is 4.39 Å². The Bertz CT molecular complexity index is 62.8. The molecule has 47 valence electrons. The lowest BCUT2D eigenvalue weighted by Crippen LogP contribution is -2.13. The fourth-order valence-electron chi connectivity index (χ4n) is 1.19. The van der Waals surface area contributed by atoms with Crippen LogP contribution in [-0.4, -0.2) is 6.17 Å². The Balaban J connectivity index is 2.23. The van der Waals surface area contributed by atoms with Crippen LogP contribution in [0.15, 0.2) is 0 Å². The highest BCUT2D eigenvalue weighted by Crippen LogP contribution is 2.24. The van der Waals surface area contributed by atoms with Crippen LogP contribution in [0, 0.1) is 12.3 Å². The van der Waals surface area contributed by atoms with Gasteiger partial charge in [-0.2, -0.15) is 0 Å². The van der Waals surface area contributed by atoms with Gasteiger partial charge < -0.3 is 0 Å². The zero-order chi connectivity index (χ0) is 5.98. The summed E-state index contributed by atoms with van der Waals surface area (Å²) in [7, 11) is 0. The standard InChI is InChI=1S/C7H12F/c1-6-3-2-4-7(8)5-6/h2,6-7H,3-5H2,1H3. The Labute approximate surface area is 50.1 Å². The SMILES string of the molecule is CC1C[CH]CC(F)C1. The average Bonchev–Trinajstić information content (AvgIpc) is 1.64. The second-order valence-electron chi connectivity index (χ2n) is 2.70. The molecule has 1 aliphatic carbocycles.